The van der Waals surface area contributed by atoms with E-state index in [0.29, 0.717) is 38.3 Å². The van der Waals surface area contributed by atoms with Crippen molar-refractivity contribution in [1.82, 2.24) is 4.98 Å². The third-order valence-electron chi connectivity index (χ3n) is 3.90. The second-order valence-corrected chi connectivity index (χ2v) is 7.85. The number of benzene rings is 3. The van der Waals surface area contributed by atoms with Gasteiger partial charge in [0.1, 0.15) is 5.52 Å². The van der Waals surface area contributed by atoms with Crippen molar-refractivity contribution in [3.05, 3.63) is 79.8 Å². The number of rotatable bonds is 3. The SMILES string of the molecule is O=C(Nc1ccc2oc(-c3cccc(I)c3)nc2c1)c1ccc(Cl)c(Cl)c1. The molecule has 0 aliphatic heterocycles. The third kappa shape index (κ3) is 3.95. The number of aromatic nitrogens is 1. The van der Waals surface area contributed by atoms with E-state index in [2.05, 4.69) is 32.9 Å². The fourth-order valence-corrected chi connectivity index (χ4v) is 3.43. The van der Waals surface area contributed by atoms with Crippen LogP contribution in [0, 0.1) is 3.57 Å². The molecule has 134 valence electrons. The maximum Gasteiger partial charge on any atom is 0.255 e. The number of anilines is 1. The Morgan fingerprint density at radius 2 is 1.85 bits per heavy atom. The van der Waals surface area contributed by atoms with Crippen LogP contribution in [0.3, 0.4) is 0 Å². The lowest BCUT2D eigenvalue weighted by Crippen LogP contribution is -2.11. The van der Waals surface area contributed by atoms with Gasteiger partial charge in [0.25, 0.3) is 5.91 Å². The van der Waals surface area contributed by atoms with E-state index in [0.717, 1.165) is 9.13 Å². The topological polar surface area (TPSA) is 55.1 Å². The predicted molar refractivity (Wildman–Crippen MR) is 117 cm³/mol. The van der Waals surface area contributed by atoms with E-state index in [1.807, 2.05) is 24.3 Å². The van der Waals surface area contributed by atoms with Gasteiger partial charge in [0.2, 0.25) is 5.89 Å². The molecule has 0 aliphatic carbocycles. The van der Waals surface area contributed by atoms with Crippen molar-refractivity contribution in [2.75, 3.05) is 5.32 Å². The van der Waals surface area contributed by atoms with Crippen LogP contribution in [0.25, 0.3) is 22.6 Å². The maximum atomic E-state index is 12.4. The molecule has 3 aromatic carbocycles. The molecule has 4 nitrogen and oxygen atoms in total. The van der Waals surface area contributed by atoms with Gasteiger partial charge in [-0.2, -0.15) is 0 Å². The van der Waals surface area contributed by atoms with Crippen molar-refractivity contribution in [2.24, 2.45) is 0 Å². The highest BCUT2D eigenvalue weighted by Gasteiger charge is 2.12. The van der Waals surface area contributed by atoms with Gasteiger partial charge in [-0.1, -0.05) is 29.3 Å². The van der Waals surface area contributed by atoms with Crippen LogP contribution in [0.1, 0.15) is 10.4 Å². The van der Waals surface area contributed by atoms with Gasteiger partial charge in [0, 0.05) is 20.4 Å². The normalized spacial score (nSPS) is 10.9. The molecule has 0 atom stereocenters. The maximum absolute atomic E-state index is 12.4. The second kappa shape index (κ2) is 7.50. The molecular weight excluding hydrogens is 498 g/mol. The van der Waals surface area contributed by atoms with Gasteiger partial charge in [0.05, 0.1) is 10.0 Å². The minimum absolute atomic E-state index is 0.283. The van der Waals surface area contributed by atoms with Crippen LogP contribution in [-0.2, 0) is 0 Å². The number of hydrogen-bond donors (Lipinski definition) is 1. The van der Waals surface area contributed by atoms with Gasteiger partial charge in [-0.15, -0.1) is 0 Å². The largest absolute Gasteiger partial charge is 0.436 e. The molecule has 0 bridgehead atoms. The van der Waals surface area contributed by atoms with Crippen LogP contribution in [0.15, 0.2) is 65.1 Å². The number of halogens is 3. The van der Waals surface area contributed by atoms with Crippen molar-refractivity contribution in [1.29, 1.82) is 0 Å². The Hall–Kier alpha value is -2.09. The molecule has 4 aromatic rings. The number of oxazole rings is 1. The van der Waals surface area contributed by atoms with Crippen LogP contribution in [-0.4, -0.2) is 10.9 Å². The molecule has 0 radical (unpaired) electrons. The molecule has 27 heavy (non-hydrogen) atoms. The summed E-state index contributed by atoms with van der Waals surface area (Å²) in [6.07, 6.45) is 0. The van der Waals surface area contributed by atoms with E-state index in [9.17, 15) is 4.79 Å². The Morgan fingerprint density at radius 3 is 2.63 bits per heavy atom. The Bertz CT molecular complexity index is 1170. The van der Waals surface area contributed by atoms with Crippen molar-refractivity contribution in [2.45, 2.75) is 0 Å². The van der Waals surface area contributed by atoms with Gasteiger partial charge >= 0.3 is 0 Å². The van der Waals surface area contributed by atoms with E-state index < -0.39 is 0 Å². The monoisotopic (exact) mass is 508 g/mol. The first-order valence-corrected chi connectivity index (χ1v) is 9.76. The van der Waals surface area contributed by atoms with E-state index in [1.165, 1.54) is 6.07 Å². The Morgan fingerprint density at radius 1 is 1.00 bits per heavy atom. The van der Waals surface area contributed by atoms with E-state index in [4.69, 9.17) is 27.6 Å². The predicted octanol–water partition coefficient (Wildman–Crippen LogP) is 6.66. The number of carbonyl (C=O) groups excluding carboxylic acids is 1. The van der Waals surface area contributed by atoms with Gasteiger partial charge < -0.3 is 9.73 Å². The summed E-state index contributed by atoms with van der Waals surface area (Å²) in [7, 11) is 0. The molecule has 7 heteroatoms. The van der Waals surface area contributed by atoms with Crippen LogP contribution in [0.4, 0.5) is 5.69 Å². The average molecular weight is 509 g/mol. The second-order valence-electron chi connectivity index (χ2n) is 5.79. The molecule has 0 spiro atoms. The van der Waals surface area contributed by atoms with Gasteiger partial charge in [-0.3, -0.25) is 4.79 Å². The Balaban J connectivity index is 1.61. The molecule has 1 aromatic heterocycles. The van der Waals surface area contributed by atoms with Crippen LogP contribution in [0.5, 0.6) is 0 Å². The smallest absolute Gasteiger partial charge is 0.255 e. The average Bonchev–Trinajstić information content (AvgIpc) is 3.07. The fourth-order valence-electron chi connectivity index (χ4n) is 2.59. The standard InChI is InChI=1S/C20H11Cl2IN2O2/c21-15-6-4-11(9-16(15)22)19(26)24-14-5-7-18-17(10-14)25-20(27-18)12-2-1-3-13(23)8-12/h1-10H,(H,24,26). The summed E-state index contributed by atoms with van der Waals surface area (Å²) in [6.45, 7) is 0. The zero-order chi connectivity index (χ0) is 19.0. The lowest BCUT2D eigenvalue weighted by atomic mass is 10.2. The van der Waals surface area contributed by atoms with E-state index in [1.54, 1.807) is 30.3 Å². The number of nitrogens with zero attached hydrogens (tertiary/aromatic N) is 1. The highest BCUT2D eigenvalue weighted by Crippen LogP contribution is 2.28. The molecular formula is C20H11Cl2IN2O2. The van der Waals surface area contributed by atoms with Gasteiger partial charge in [0.15, 0.2) is 5.58 Å². The molecule has 0 unspecified atom stereocenters. The molecule has 4 rings (SSSR count). The lowest BCUT2D eigenvalue weighted by molar-refractivity contribution is 0.102. The fraction of sp³-hybridized carbons (Fsp3) is 0. The van der Waals surface area contributed by atoms with Crippen LogP contribution < -0.4 is 5.32 Å². The summed E-state index contributed by atoms with van der Waals surface area (Å²) < 4.78 is 6.92. The summed E-state index contributed by atoms with van der Waals surface area (Å²) in [5.74, 6) is 0.255. The van der Waals surface area contributed by atoms with Crippen molar-refractivity contribution in [3.8, 4) is 11.5 Å². The minimum atomic E-state index is -0.283. The zero-order valence-corrected chi connectivity index (χ0v) is 17.3. The van der Waals surface area contributed by atoms with Crippen molar-refractivity contribution < 1.29 is 9.21 Å². The lowest BCUT2D eigenvalue weighted by Gasteiger charge is -2.06. The quantitative estimate of drug-likeness (QED) is 0.315. The first kappa shape index (κ1) is 18.3. The van der Waals surface area contributed by atoms with Crippen LogP contribution >= 0.6 is 45.8 Å². The first-order chi connectivity index (χ1) is 13.0. The number of amides is 1. The summed E-state index contributed by atoms with van der Waals surface area (Å²) >= 11 is 14.1. The third-order valence-corrected chi connectivity index (χ3v) is 5.31. The van der Waals surface area contributed by atoms with Crippen LogP contribution in [0.2, 0.25) is 10.0 Å². The first-order valence-electron chi connectivity index (χ1n) is 7.92. The van der Waals surface area contributed by atoms with E-state index in [-0.39, 0.29) is 5.91 Å². The van der Waals surface area contributed by atoms with E-state index >= 15 is 0 Å². The van der Waals surface area contributed by atoms with Gasteiger partial charge in [-0.05, 0) is 77.2 Å². The number of carbonyl (C=O) groups is 1. The molecule has 0 aliphatic rings. The molecule has 1 amide bonds. The summed E-state index contributed by atoms with van der Waals surface area (Å²) in [4.78, 5) is 17.0. The molecule has 0 saturated carbocycles. The molecule has 0 saturated heterocycles. The zero-order valence-electron chi connectivity index (χ0n) is 13.7. The number of fused-ring (bicyclic) bond motifs is 1. The molecule has 1 heterocycles. The van der Waals surface area contributed by atoms with Crippen molar-refractivity contribution in [3.63, 3.8) is 0 Å². The summed E-state index contributed by atoms with van der Waals surface area (Å²) in [5, 5.41) is 3.57. The Kier molecular flexibility index (Phi) is 5.08. The summed E-state index contributed by atoms with van der Waals surface area (Å²) in [6, 6.07) is 18.0. The van der Waals surface area contributed by atoms with Crippen molar-refractivity contribution >= 4 is 68.5 Å². The number of hydrogen-bond acceptors (Lipinski definition) is 3. The summed E-state index contributed by atoms with van der Waals surface area (Å²) in [5.41, 5.74) is 3.25. The Labute approximate surface area is 178 Å². The number of nitrogens with one attached hydrogen (secondary N) is 1. The molecule has 0 fully saturated rings. The van der Waals surface area contributed by atoms with Gasteiger partial charge in [-0.25, -0.2) is 4.98 Å². The minimum Gasteiger partial charge on any atom is -0.436 e. The highest BCUT2D eigenvalue weighted by molar-refractivity contribution is 14.1. The molecule has 1 N–H and O–H groups in total. The highest BCUT2D eigenvalue weighted by atomic mass is 127.